The van der Waals surface area contributed by atoms with Gasteiger partial charge in [-0.15, -0.1) is 0 Å². The van der Waals surface area contributed by atoms with Gasteiger partial charge in [-0.25, -0.2) is 9.59 Å². The molecule has 1 aliphatic rings. The van der Waals surface area contributed by atoms with Gasteiger partial charge in [-0.2, -0.15) is 12.6 Å². The third-order valence-corrected chi connectivity index (χ3v) is 7.97. The number of rotatable bonds is 11. The van der Waals surface area contributed by atoms with Crippen molar-refractivity contribution in [1.29, 1.82) is 0 Å². The third-order valence-electron chi connectivity index (χ3n) is 7.61. The fraction of sp³-hybridized carbons (Fsp3) is 0.543. The summed E-state index contributed by atoms with van der Waals surface area (Å²) in [7, 11) is 0. The lowest BCUT2D eigenvalue weighted by atomic mass is 9.94. The standard InChI is InChI=1S/C35H49N3O6S/c1-21-14-13-17-25(23(21)3)29(30(39)36-26(32(41)43-34(4,5)6)19-24-15-11-10-12-16-24)38(28-18-22(28)2)31(40)27(20-45)37-33(42)44-35(7,8)9/h10-17,22,26-29,45H,18-20H2,1-9H3,(H,36,39)(H,37,42). The van der Waals surface area contributed by atoms with Gasteiger partial charge in [0.25, 0.3) is 0 Å². The number of carbonyl (C=O) groups is 4. The highest BCUT2D eigenvalue weighted by atomic mass is 32.1. The molecule has 10 heteroatoms. The molecule has 2 aromatic rings. The Hall–Kier alpha value is -3.53. The smallest absolute Gasteiger partial charge is 0.408 e. The molecule has 2 N–H and O–H groups in total. The Morgan fingerprint density at radius 3 is 2.02 bits per heavy atom. The van der Waals surface area contributed by atoms with Crippen LogP contribution in [0.3, 0.4) is 0 Å². The number of hydrogen-bond acceptors (Lipinski definition) is 7. The van der Waals surface area contributed by atoms with Gasteiger partial charge in [-0.3, -0.25) is 9.59 Å². The zero-order chi connectivity index (χ0) is 33.7. The van der Waals surface area contributed by atoms with Crippen LogP contribution in [0.15, 0.2) is 48.5 Å². The van der Waals surface area contributed by atoms with Crippen molar-refractivity contribution < 1.29 is 28.7 Å². The summed E-state index contributed by atoms with van der Waals surface area (Å²) in [6, 6.07) is 11.6. The number of alkyl carbamates (subject to hydrolysis) is 1. The van der Waals surface area contributed by atoms with Crippen LogP contribution in [0.25, 0.3) is 0 Å². The van der Waals surface area contributed by atoms with E-state index in [2.05, 4.69) is 23.3 Å². The number of amides is 3. The summed E-state index contributed by atoms with van der Waals surface area (Å²) in [6.07, 6.45) is 0.138. The SMILES string of the molecule is Cc1cccc(C(C(=O)NC(Cc2ccccc2)C(=O)OC(C)(C)C)N(C(=O)C(CS)NC(=O)OC(C)(C)C)C2CC2C)c1C. The first-order chi connectivity index (χ1) is 20.9. The predicted molar refractivity (Wildman–Crippen MR) is 178 cm³/mol. The topological polar surface area (TPSA) is 114 Å². The Balaban J connectivity index is 2.07. The van der Waals surface area contributed by atoms with Gasteiger partial charge in [0.15, 0.2) is 0 Å². The average molecular weight is 640 g/mol. The molecule has 0 aliphatic heterocycles. The number of nitrogens with one attached hydrogen (secondary N) is 2. The van der Waals surface area contributed by atoms with Crippen LogP contribution in [0, 0.1) is 19.8 Å². The summed E-state index contributed by atoms with van der Waals surface area (Å²) in [6.45, 7) is 16.4. The molecular formula is C35H49N3O6S. The van der Waals surface area contributed by atoms with Crippen LogP contribution >= 0.6 is 12.6 Å². The molecule has 0 radical (unpaired) electrons. The Bertz CT molecular complexity index is 1370. The van der Waals surface area contributed by atoms with Crippen LogP contribution in [0.1, 0.15) is 83.2 Å². The first-order valence-electron chi connectivity index (χ1n) is 15.5. The highest BCUT2D eigenvalue weighted by Gasteiger charge is 2.49. The minimum atomic E-state index is -1.09. The van der Waals surface area contributed by atoms with Crippen LogP contribution in [0.4, 0.5) is 4.79 Å². The van der Waals surface area contributed by atoms with Crippen molar-refractivity contribution in [3.8, 4) is 0 Å². The normalized spacial score (nSPS) is 18.2. The number of benzene rings is 2. The van der Waals surface area contributed by atoms with E-state index in [0.717, 1.165) is 16.7 Å². The molecule has 3 amide bonds. The highest BCUT2D eigenvalue weighted by molar-refractivity contribution is 7.80. The molecule has 0 heterocycles. The summed E-state index contributed by atoms with van der Waals surface area (Å²) in [5.74, 6) is -1.42. The van der Waals surface area contributed by atoms with Gasteiger partial charge in [-0.1, -0.05) is 55.5 Å². The van der Waals surface area contributed by atoms with Gasteiger partial charge in [0.2, 0.25) is 11.8 Å². The fourth-order valence-electron chi connectivity index (χ4n) is 5.14. The van der Waals surface area contributed by atoms with Crippen molar-refractivity contribution in [2.45, 2.75) is 111 Å². The van der Waals surface area contributed by atoms with Crippen molar-refractivity contribution in [2.75, 3.05) is 5.75 Å². The van der Waals surface area contributed by atoms with Crippen LogP contribution in [-0.4, -0.2) is 63.9 Å². The second-order valence-electron chi connectivity index (χ2n) is 13.9. The van der Waals surface area contributed by atoms with E-state index in [9.17, 15) is 19.2 Å². The van der Waals surface area contributed by atoms with E-state index in [1.165, 1.54) is 0 Å². The van der Waals surface area contributed by atoms with E-state index in [1.807, 2.05) is 69.3 Å². The molecule has 2 aromatic carbocycles. The van der Waals surface area contributed by atoms with E-state index in [0.29, 0.717) is 12.0 Å². The summed E-state index contributed by atoms with van der Waals surface area (Å²) < 4.78 is 11.1. The van der Waals surface area contributed by atoms with E-state index in [-0.39, 0.29) is 24.1 Å². The Kier molecular flexibility index (Phi) is 11.7. The molecule has 9 nitrogen and oxygen atoms in total. The molecule has 45 heavy (non-hydrogen) atoms. The predicted octanol–water partition coefficient (Wildman–Crippen LogP) is 5.47. The highest BCUT2D eigenvalue weighted by Crippen LogP contribution is 2.41. The van der Waals surface area contributed by atoms with E-state index >= 15 is 0 Å². The quantitative estimate of drug-likeness (QED) is 0.222. The van der Waals surface area contributed by atoms with E-state index in [4.69, 9.17) is 9.47 Å². The molecule has 0 spiro atoms. The number of thiol groups is 1. The molecule has 0 saturated heterocycles. The molecule has 0 aromatic heterocycles. The van der Waals surface area contributed by atoms with E-state index in [1.54, 1.807) is 46.4 Å². The van der Waals surface area contributed by atoms with E-state index < -0.39 is 53.2 Å². The summed E-state index contributed by atoms with van der Waals surface area (Å²) >= 11 is 4.39. The van der Waals surface area contributed by atoms with Crippen LogP contribution in [0.2, 0.25) is 0 Å². The largest absolute Gasteiger partial charge is 0.458 e. The van der Waals surface area contributed by atoms with Crippen molar-refractivity contribution in [1.82, 2.24) is 15.5 Å². The maximum Gasteiger partial charge on any atom is 0.408 e. The van der Waals surface area contributed by atoms with Gasteiger partial charge < -0.3 is 25.0 Å². The molecule has 5 atom stereocenters. The lowest BCUT2D eigenvalue weighted by Gasteiger charge is -2.36. The number of nitrogens with zero attached hydrogens (tertiary/aromatic N) is 1. The van der Waals surface area contributed by atoms with Crippen LogP contribution in [-0.2, 0) is 30.3 Å². The zero-order valence-corrected chi connectivity index (χ0v) is 28.9. The number of esters is 1. The van der Waals surface area contributed by atoms with Gasteiger partial charge >= 0.3 is 12.1 Å². The number of ether oxygens (including phenoxy) is 2. The van der Waals surface area contributed by atoms with Crippen molar-refractivity contribution >= 4 is 36.5 Å². The van der Waals surface area contributed by atoms with Gasteiger partial charge in [0.1, 0.15) is 29.3 Å². The van der Waals surface area contributed by atoms with Crippen molar-refractivity contribution in [3.05, 3.63) is 70.8 Å². The molecule has 3 rings (SSSR count). The van der Waals surface area contributed by atoms with Crippen LogP contribution in [0.5, 0.6) is 0 Å². The van der Waals surface area contributed by atoms with Crippen molar-refractivity contribution in [2.24, 2.45) is 5.92 Å². The first-order valence-corrected chi connectivity index (χ1v) is 16.1. The average Bonchev–Trinajstić information content (AvgIpc) is 3.65. The Labute approximate surface area is 273 Å². The molecular weight excluding hydrogens is 590 g/mol. The molecule has 5 unspecified atom stereocenters. The minimum Gasteiger partial charge on any atom is -0.458 e. The zero-order valence-electron chi connectivity index (χ0n) is 28.0. The number of carbonyl (C=O) groups excluding carboxylic acids is 4. The maximum atomic E-state index is 14.5. The Morgan fingerprint density at radius 2 is 1.49 bits per heavy atom. The number of aryl methyl sites for hydroxylation is 1. The molecule has 0 bridgehead atoms. The Morgan fingerprint density at radius 1 is 0.889 bits per heavy atom. The second-order valence-corrected chi connectivity index (χ2v) is 14.2. The summed E-state index contributed by atoms with van der Waals surface area (Å²) in [4.78, 5) is 56.7. The molecule has 1 saturated carbocycles. The van der Waals surface area contributed by atoms with Gasteiger partial charge in [-0.05, 0) is 90.0 Å². The van der Waals surface area contributed by atoms with Crippen LogP contribution < -0.4 is 10.6 Å². The molecule has 246 valence electrons. The first kappa shape index (κ1) is 35.9. The lowest BCUT2D eigenvalue weighted by Crippen LogP contribution is -2.56. The number of hydrogen-bond donors (Lipinski definition) is 3. The van der Waals surface area contributed by atoms with Gasteiger partial charge in [0, 0.05) is 18.2 Å². The third kappa shape index (κ3) is 10.2. The van der Waals surface area contributed by atoms with Gasteiger partial charge in [0.05, 0.1) is 0 Å². The maximum absolute atomic E-state index is 14.5. The lowest BCUT2D eigenvalue weighted by molar-refractivity contribution is -0.159. The van der Waals surface area contributed by atoms with Crippen molar-refractivity contribution in [3.63, 3.8) is 0 Å². The monoisotopic (exact) mass is 639 g/mol. The summed E-state index contributed by atoms with van der Waals surface area (Å²) in [5, 5.41) is 5.61. The fourth-order valence-corrected chi connectivity index (χ4v) is 5.39. The summed E-state index contributed by atoms with van der Waals surface area (Å²) in [5.41, 5.74) is 1.74. The second kappa shape index (κ2) is 14.7. The molecule has 1 aliphatic carbocycles. The minimum absolute atomic E-state index is 0.00857. The molecule has 1 fully saturated rings.